The number of amides is 2. The van der Waals surface area contributed by atoms with E-state index in [-0.39, 0.29) is 42.3 Å². The van der Waals surface area contributed by atoms with Crippen molar-refractivity contribution in [2.75, 3.05) is 18.4 Å². The van der Waals surface area contributed by atoms with Crippen LogP contribution in [0.3, 0.4) is 0 Å². The fraction of sp³-hybridized carbons (Fsp3) is 0.586. The molecule has 0 aliphatic carbocycles. The standard InChI is InChI=1S/C29H37ClF3N5O4/c1-16(2)34-26-35-23-15-37(24(39)18-7-8-22(30)21(14-18)29(31,32)33)17(3)13-20(23)25(40)38(26)19-9-11-36(12-10-19)27(41)42-28(4,5)6/h7-8,14,16-17,19H,9-13,15H2,1-6H3,(H,34,35)/t17-/m1/s1. The number of piperidine rings is 1. The van der Waals surface area contributed by atoms with Crippen molar-refractivity contribution >= 4 is 29.5 Å². The zero-order valence-electron chi connectivity index (χ0n) is 24.6. The number of hydrogen-bond acceptors (Lipinski definition) is 6. The van der Waals surface area contributed by atoms with E-state index in [1.54, 1.807) is 16.4 Å². The van der Waals surface area contributed by atoms with Gasteiger partial charge in [-0.1, -0.05) is 11.6 Å². The van der Waals surface area contributed by atoms with Crippen molar-refractivity contribution in [3.05, 3.63) is 56.0 Å². The number of benzene rings is 1. The summed E-state index contributed by atoms with van der Waals surface area (Å²) in [4.78, 5) is 47.7. The molecule has 0 unspecified atom stereocenters. The summed E-state index contributed by atoms with van der Waals surface area (Å²) in [6, 6.07) is 2.36. The van der Waals surface area contributed by atoms with Gasteiger partial charge in [-0.15, -0.1) is 0 Å². The van der Waals surface area contributed by atoms with Crippen LogP contribution in [0.5, 0.6) is 0 Å². The summed E-state index contributed by atoms with van der Waals surface area (Å²) in [6.07, 6.45) is -3.83. The maximum atomic E-state index is 13.9. The molecule has 1 atom stereocenters. The molecule has 2 aliphatic rings. The molecule has 2 aromatic rings. The minimum atomic E-state index is -4.71. The van der Waals surface area contributed by atoms with Crippen molar-refractivity contribution in [1.82, 2.24) is 19.4 Å². The quantitative estimate of drug-likeness (QED) is 0.463. The largest absolute Gasteiger partial charge is 0.444 e. The van der Waals surface area contributed by atoms with E-state index in [2.05, 4.69) is 5.32 Å². The topological polar surface area (TPSA) is 96.8 Å². The fourth-order valence-corrected chi connectivity index (χ4v) is 5.54. The van der Waals surface area contributed by atoms with Crippen LogP contribution in [0.1, 0.15) is 87.6 Å². The minimum absolute atomic E-state index is 0.0285. The zero-order valence-corrected chi connectivity index (χ0v) is 25.4. The summed E-state index contributed by atoms with van der Waals surface area (Å²) in [5.41, 5.74) is -1.18. The lowest BCUT2D eigenvalue weighted by Crippen LogP contribution is -2.48. The lowest BCUT2D eigenvalue weighted by molar-refractivity contribution is -0.137. The lowest BCUT2D eigenvalue weighted by Gasteiger charge is -2.37. The van der Waals surface area contributed by atoms with Gasteiger partial charge in [0.25, 0.3) is 11.5 Å². The van der Waals surface area contributed by atoms with Crippen molar-refractivity contribution in [2.24, 2.45) is 0 Å². The van der Waals surface area contributed by atoms with E-state index < -0.39 is 34.3 Å². The maximum absolute atomic E-state index is 13.9. The second-order valence-electron chi connectivity index (χ2n) is 12.2. The number of ether oxygens (including phenoxy) is 1. The van der Waals surface area contributed by atoms with Gasteiger partial charge in [0.1, 0.15) is 5.60 Å². The smallest absolute Gasteiger partial charge is 0.417 e. The van der Waals surface area contributed by atoms with Gasteiger partial charge in [-0.3, -0.25) is 14.2 Å². The molecule has 42 heavy (non-hydrogen) atoms. The van der Waals surface area contributed by atoms with Crippen LogP contribution in [-0.2, 0) is 23.9 Å². The third-order valence-electron chi connectivity index (χ3n) is 7.32. The first-order valence-electron chi connectivity index (χ1n) is 14.0. The number of aromatic nitrogens is 2. The van der Waals surface area contributed by atoms with Crippen LogP contribution >= 0.6 is 11.6 Å². The molecule has 0 spiro atoms. The molecule has 1 aromatic heterocycles. The second kappa shape index (κ2) is 11.8. The van der Waals surface area contributed by atoms with Crippen LogP contribution < -0.4 is 10.9 Å². The van der Waals surface area contributed by atoms with Gasteiger partial charge in [-0.25, -0.2) is 9.78 Å². The highest BCUT2D eigenvalue weighted by Crippen LogP contribution is 2.36. The van der Waals surface area contributed by atoms with E-state index >= 15 is 0 Å². The number of likely N-dealkylation sites (tertiary alicyclic amines) is 1. The Kier molecular flexibility index (Phi) is 8.87. The lowest BCUT2D eigenvalue weighted by atomic mass is 9.97. The van der Waals surface area contributed by atoms with E-state index in [0.717, 1.165) is 12.1 Å². The van der Waals surface area contributed by atoms with Crippen LogP contribution in [0.15, 0.2) is 23.0 Å². The fourth-order valence-electron chi connectivity index (χ4n) is 5.32. The zero-order chi connectivity index (χ0) is 31.1. The Morgan fingerprint density at radius 2 is 1.79 bits per heavy atom. The Morgan fingerprint density at radius 3 is 2.36 bits per heavy atom. The molecular weight excluding hydrogens is 575 g/mol. The number of carbonyl (C=O) groups is 2. The highest BCUT2D eigenvalue weighted by molar-refractivity contribution is 6.31. The molecule has 230 valence electrons. The van der Waals surface area contributed by atoms with E-state index in [1.807, 2.05) is 34.6 Å². The molecular formula is C29H37ClF3N5O4. The van der Waals surface area contributed by atoms with Crippen LogP contribution in [-0.4, -0.2) is 62.1 Å². The Hall–Kier alpha value is -3.28. The van der Waals surface area contributed by atoms with E-state index in [0.29, 0.717) is 43.1 Å². The van der Waals surface area contributed by atoms with Crippen LogP contribution in [0.25, 0.3) is 0 Å². The highest BCUT2D eigenvalue weighted by atomic mass is 35.5. The molecule has 1 saturated heterocycles. The number of rotatable bonds is 4. The first-order chi connectivity index (χ1) is 19.5. The number of nitrogens with zero attached hydrogens (tertiary/aromatic N) is 4. The van der Waals surface area contributed by atoms with E-state index in [1.165, 1.54) is 11.0 Å². The first kappa shape index (κ1) is 31.7. The summed E-state index contributed by atoms with van der Waals surface area (Å²) in [6.45, 7) is 11.8. The number of hydrogen-bond donors (Lipinski definition) is 1. The molecule has 1 aromatic carbocycles. The average Bonchev–Trinajstić information content (AvgIpc) is 2.87. The first-order valence-corrected chi connectivity index (χ1v) is 14.4. The summed E-state index contributed by atoms with van der Waals surface area (Å²) >= 11 is 5.75. The average molecular weight is 612 g/mol. The van der Waals surface area contributed by atoms with Gasteiger partial charge in [0.2, 0.25) is 5.95 Å². The van der Waals surface area contributed by atoms with Crippen LogP contribution in [0.2, 0.25) is 5.02 Å². The summed E-state index contributed by atoms with van der Waals surface area (Å²) in [5.74, 6) is -0.244. The predicted molar refractivity (Wildman–Crippen MR) is 153 cm³/mol. The third-order valence-corrected chi connectivity index (χ3v) is 7.65. The molecule has 9 nitrogen and oxygen atoms in total. The highest BCUT2D eigenvalue weighted by Gasteiger charge is 2.37. The minimum Gasteiger partial charge on any atom is -0.444 e. The van der Waals surface area contributed by atoms with Crippen molar-refractivity contribution in [1.29, 1.82) is 0 Å². The van der Waals surface area contributed by atoms with Gasteiger partial charge in [0, 0.05) is 42.3 Å². The number of carbonyl (C=O) groups excluding carboxylic acids is 2. The summed E-state index contributed by atoms with van der Waals surface area (Å²) < 4.78 is 47.4. The Morgan fingerprint density at radius 1 is 1.14 bits per heavy atom. The Labute approximate surface area is 248 Å². The summed E-state index contributed by atoms with van der Waals surface area (Å²) in [7, 11) is 0. The van der Waals surface area contributed by atoms with Crippen molar-refractivity contribution in [3.63, 3.8) is 0 Å². The maximum Gasteiger partial charge on any atom is 0.417 e. The molecule has 13 heteroatoms. The van der Waals surface area contributed by atoms with Gasteiger partial charge in [0.05, 0.1) is 22.8 Å². The molecule has 0 bridgehead atoms. The van der Waals surface area contributed by atoms with Gasteiger partial charge in [-0.2, -0.15) is 13.2 Å². The van der Waals surface area contributed by atoms with Crippen molar-refractivity contribution < 1.29 is 27.5 Å². The summed E-state index contributed by atoms with van der Waals surface area (Å²) in [5, 5.41) is 2.76. The molecule has 0 radical (unpaired) electrons. The van der Waals surface area contributed by atoms with Gasteiger partial charge < -0.3 is 19.9 Å². The number of anilines is 1. The van der Waals surface area contributed by atoms with Gasteiger partial charge >= 0.3 is 12.3 Å². The number of nitrogens with one attached hydrogen (secondary N) is 1. The number of fused-ring (bicyclic) bond motifs is 1. The van der Waals surface area contributed by atoms with Crippen LogP contribution in [0, 0.1) is 0 Å². The number of halogens is 4. The second-order valence-corrected chi connectivity index (χ2v) is 12.6. The van der Waals surface area contributed by atoms with E-state index in [4.69, 9.17) is 21.3 Å². The molecule has 3 heterocycles. The molecule has 1 N–H and O–H groups in total. The Balaban J connectivity index is 1.62. The monoisotopic (exact) mass is 611 g/mol. The van der Waals surface area contributed by atoms with Crippen molar-refractivity contribution in [2.45, 2.75) is 97.3 Å². The Bertz CT molecular complexity index is 1410. The van der Waals surface area contributed by atoms with Gasteiger partial charge in [-0.05, 0) is 79.0 Å². The molecule has 1 fully saturated rings. The normalized spacial score (nSPS) is 18.2. The van der Waals surface area contributed by atoms with Gasteiger partial charge in [0.15, 0.2) is 0 Å². The molecule has 2 amide bonds. The molecule has 0 saturated carbocycles. The van der Waals surface area contributed by atoms with E-state index in [9.17, 15) is 27.6 Å². The number of alkyl halides is 3. The van der Waals surface area contributed by atoms with Crippen LogP contribution in [0.4, 0.5) is 23.9 Å². The molecule has 4 rings (SSSR count). The predicted octanol–water partition coefficient (Wildman–Crippen LogP) is 5.89. The third kappa shape index (κ3) is 6.85. The van der Waals surface area contributed by atoms with Crippen molar-refractivity contribution in [3.8, 4) is 0 Å². The molecule has 2 aliphatic heterocycles. The SMILES string of the molecule is CC(C)Nc1nc2c(c(=O)n1C1CCN(C(=O)OC(C)(C)C)CC1)C[C@@H](C)N(C(=O)c1ccc(Cl)c(C(F)(F)F)c1)C2.